The van der Waals surface area contributed by atoms with Crippen LogP contribution < -0.4 is 4.90 Å². The van der Waals surface area contributed by atoms with Crippen LogP contribution in [0, 0.1) is 11.7 Å². The van der Waals surface area contributed by atoms with Gasteiger partial charge in [-0.15, -0.1) is 0 Å². The minimum Gasteiger partial charge on any atom is -0.380 e. The number of carbonyl (C=O) groups is 2. The second kappa shape index (κ2) is 7.66. The zero-order valence-corrected chi connectivity index (χ0v) is 16.2. The molecule has 0 saturated carbocycles. The van der Waals surface area contributed by atoms with Crippen molar-refractivity contribution >= 4 is 40.8 Å². The highest BCUT2D eigenvalue weighted by atomic mass is 35.5. The van der Waals surface area contributed by atoms with Gasteiger partial charge in [0.2, 0.25) is 5.91 Å². The van der Waals surface area contributed by atoms with Gasteiger partial charge in [-0.25, -0.2) is 9.37 Å². The number of pyridine rings is 1. The van der Waals surface area contributed by atoms with Crippen LogP contribution >= 0.6 is 23.2 Å². The van der Waals surface area contributed by atoms with Gasteiger partial charge in [-0.05, 0) is 23.8 Å². The molecule has 2 aromatic rings. The Labute approximate surface area is 170 Å². The van der Waals surface area contributed by atoms with Crippen molar-refractivity contribution in [3.05, 3.63) is 58.0 Å². The van der Waals surface area contributed by atoms with Crippen LogP contribution in [0.4, 0.5) is 10.2 Å². The Morgan fingerprint density at radius 3 is 2.46 bits per heavy atom. The van der Waals surface area contributed by atoms with E-state index in [1.54, 1.807) is 24.3 Å². The monoisotopic (exact) mass is 423 g/mol. The fourth-order valence-corrected chi connectivity index (χ4v) is 3.67. The summed E-state index contributed by atoms with van der Waals surface area (Å²) in [7, 11) is 0. The summed E-state index contributed by atoms with van der Waals surface area (Å²) < 4.78 is 19.6. The van der Waals surface area contributed by atoms with Crippen LogP contribution in [0.1, 0.15) is 5.56 Å². The SMILES string of the molecule is O=C1[C@@H](C2COC2)N(Cc2ccc(Cl)cc2)C(=O)CN1c1ncc(Cl)cc1F. The van der Waals surface area contributed by atoms with Gasteiger partial charge in [0.1, 0.15) is 12.6 Å². The number of hydrogen-bond acceptors (Lipinski definition) is 4. The topological polar surface area (TPSA) is 62.7 Å². The highest BCUT2D eigenvalue weighted by Gasteiger charge is 2.47. The molecule has 2 aliphatic rings. The van der Waals surface area contributed by atoms with Crippen molar-refractivity contribution in [2.75, 3.05) is 24.7 Å². The molecule has 0 radical (unpaired) electrons. The number of piperazine rings is 1. The van der Waals surface area contributed by atoms with Crippen LogP contribution in [0.5, 0.6) is 0 Å². The third-order valence-electron chi connectivity index (χ3n) is 4.89. The maximum absolute atomic E-state index is 14.3. The average molecular weight is 424 g/mol. The van der Waals surface area contributed by atoms with Crippen molar-refractivity contribution in [1.29, 1.82) is 0 Å². The summed E-state index contributed by atoms with van der Waals surface area (Å²) in [5.74, 6) is -1.76. The summed E-state index contributed by atoms with van der Waals surface area (Å²) in [6.07, 6.45) is 1.25. The van der Waals surface area contributed by atoms with Gasteiger partial charge in [0.15, 0.2) is 11.6 Å². The first-order chi connectivity index (χ1) is 13.4. The Balaban J connectivity index is 1.65. The van der Waals surface area contributed by atoms with Crippen LogP contribution in [0.2, 0.25) is 10.0 Å². The predicted octanol–water partition coefficient (Wildman–Crippen LogP) is 2.92. The maximum atomic E-state index is 14.3. The van der Waals surface area contributed by atoms with Gasteiger partial charge in [-0.2, -0.15) is 0 Å². The first-order valence-corrected chi connectivity index (χ1v) is 9.43. The number of anilines is 1. The number of hydrogen-bond donors (Lipinski definition) is 0. The second-order valence-electron chi connectivity index (χ2n) is 6.77. The highest BCUT2D eigenvalue weighted by Crippen LogP contribution is 2.30. The lowest BCUT2D eigenvalue weighted by Crippen LogP contribution is -2.65. The van der Waals surface area contributed by atoms with E-state index >= 15 is 0 Å². The summed E-state index contributed by atoms with van der Waals surface area (Å²) in [5.41, 5.74) is 0.847. The first kappa shape index (κ1) is 19.1. The van der Waals surface area contributed by atoms with Crippen LogP contribution in [-0.4, -0.2) is 47.5 Å². The smallest absolute Gasteiger partial charge is 0.251 e. The van der Waals surface area contributed by atoms with Crippen molar-refractivity contribution < 1.29 is 18.7 Å². The lowest BCUT2D eigenvalue weighted by molar-refractivity contribution is -0.155. The number of halogens is 3. The Morgan fingerprint density at radius 1 is 1.14 bits per heavy atom. The molecule has 146 valence electrons. The van der Waals surface area contributed by atoms with Gasteiger partial charge >= 0.3 is 0 Å². The number of carbonyl (C=O) groups excluding carboxylic acids is 2. The molecule has 0 unspecified atom stereocenters. The third-order valence-corrected chi connectivity index (χ3v) is 5.35. The summed E-state index contributed by atoms with van der Waals surface area (Å²) >= 11 is 11.7. The lowest BCUT2D eigenvalue weighted by atomic mass is 9.92. The van der Waals surface area contributed by atoms with Crippen molar-refractivity contribution in [3.8, 4) is 0 Å². The molecule has 0 N–H and O–H groups in total. The zero-order valence-electron chi connectivity index (χ0n) is 14.6. The molecule has 3 heterocycles. The van der Waals surface area contributed by atoms with E-state index in [9.17, 15) is 14.0 Å². The van der Waals surface area contributed by atoms with E-state index in [2.05, 4.69) is 4.98 Å². The highest BCUT2D eigenvalue weighted by molar-refractivity contribution is 6.30. The fraction of sp³-hybridized carbons (Fsp3) is 0.316. The Kier molecular flexibility index (Phi) is 5.23. The molecule has 1 aromatic heterocycles. The molecule has 0 spiro atoms. The van der Waals surface area contributed by atoms with Crippen molar-refractivity contribution in [3.63, 3.8) is 0 Å². The van der Waals surface area contributed by atoms with Crippen molar-refractivity contribution in [2.45, 2.75) is 12.6 Å². The standard InChI is InChI=1S/C19H16Cl2FN3O3/c20-13-3-1-11(2-4-13)7-24-16(26)8-25(18-15(22)5-14(21)6-23-18)19(27)17(24)12-9-28-10-12/h1-6,12,17H,7-10H2/t17-/m1/s1. The summed E-state index contributed by atoms with van der Waals surface area (Å²) in [6, 6.07) is 7.40. The molecule has 4 rings (SSSR count). The predicted molar refractivity (Wildman–Crippen MR) is 102 cm³/mol. The summed E-state index contributed by atoms with van der Waals surface area (Å²) in [4.78, 5) is 32.7. The molecule has 0 aliphatic carbocycles. The molecule has 2 amide bonds. The molecule has 9 heteroatoms. The molecule has 2 fully saturated rings. The van der Waals surface area contributed by atoms with Crippen LogP contribution in [-0.2, 0) is 20.9 Å². The largest absolute Gasteiger partial charge is 0.380 e. The van der Waals surface area contributed by atoms with Crippen molar-refractivity contribution in [2.24, 2.45) is 5.92 Å². The Bertz CT molecular complexity index is 921. The van der Waals surface area contributed by atoms with Gasteiger partial charge < -0.3 is 9.64 Å². The van der Waals surface area contributed by atoms with Crippen LogP contribution in [0.15, 0.2) is 36.5 Å². The van der Waals surface area contributed by atoms with Gasteiger partial charge in [0.05, 0.1) is 18.2 Å². The van der Waals surface area contributed by atoms with Crippen LogP contribution in [0.3, 0.4) is 0 Å². The number of rotatable bonds is 4. The number of benzene rings is 1. The molecule has 2 saturated heterocycles. The lowest BCUT2D eigenvalue weighted by Gasteiger charge is -2.45. The molecular formula is C19H16Cl2FN3O3. The van der Waals surface area contributed by atoms with Gasteiger partial charge in [0.25, 0.3) is 5.91 Å². The minimum atomic E-state index is -0.748. The number of ether oxygens (including phenoxy) is 1. The number of nitrogens with zero attached hydrogens (tertiary/aromatic N) is 3. The minimum absolute atomic E-state index is 0.116. The van der Waals surface area contributed by atoms with E-state index in [1.165, 1.54) is 11.1 Å². The third kappa shape index (κ3) is 3.57. The first-order valence-electron chi connectivity index (χ1n) is 8.68. The van der Waals surface area contributed by atoms with Gasteiger partial charge in [0, 0.05) is 23.7 Å². The molecule has 6 nitrogen and oxygen atoms in total. The molecular weight excluding hydrogens is 408 g/mol. The van der Waals surface area contributed by atoms with E-state index < -0.39 is 11.9 Å². The van der Waals surface area contributed by atoms with E-state index in [0.717, 1.165) is 16.5 Å². The average Bonchev–Trinajstić information content (AvgIpc) is 2.61. The number of aromatic nitrogens is 1. The van der Waals surface area contributed by atoms with E-state index in [0.29, 0.717) is 18.2 Å². The molecule has 28 heavy (non-hydrogen) atoms. The molecule has 0 bridgehead atoms. The Morgan fingerprint density at radius 2 is 1.86 bits per heavy atom. The van der Waals surface area contributed by atoms with Crippen molar-refractivity contribution in [1.82, 2.24) is 9.88 Å². The summed E-state index contributed by atoms with van der Waals surface area (Å²) in [6.45, 7) is 0.700. The van der Waals surface area contributed by atoms with E-state index in [1.807, 2.05) is 0 Å². The molecule has 1 atom stereocenters. The second-order valence-corrected chi connectivity index (χ2v) is 7.65. The normalized spacial score (nSPS) is 20.5. The number of amides is 2. The van der Waals surface area contributed by atoms with E-state index in [4.69, 9.17) is 27.9 Å². The maximum Gasteiger partial charge on any atom is 0.251 e. The zero-order chi connectivity index (χ0) is 19.8. The fourth-order valence-electron chi connectivity index (χ4n) is 3.40. The van der Waals surface area contributed by atoms with Gasteiger partial charge in [-0.1, -0.05) is 35.3 Å². The molecule has 2 aliphatic heterocycles. The summed E-state index contributed by atoms with van der Waals surface area (Å²) in [5, 5.41) is 0.703. The Hall–Kier alpha value is -2.22. The quantitative estimate of drug-likeness (QED) is 0.758. The van der Waals surface area contributed by atoms with Gasteiger partial charge in [-0.3, -0.25) is 14.5 Å². The molecule has 1 aromatic carbocycles. The van der Waals surface area contributed by atoms with E-state index in [-0.39, 0.29) is 41.7 Å². The van der Waals surface area contributed by atoms with Crippen LogP contribution in [0.25, 0.3) is 0 Å².